The van der Waals surface area contributed by atoms with Crippen LogP contribution in [0.1, 0.15) is 28.8 Å². The molecule has 2 N–H and O–H groups in total. The summed E-state index contributed by atoms with van der Waals surface area (Å²) in [5.41, 5.74) is 10.9. The van der Waals surface area contributed by atoms with Gasteiger partial charge in [-0.1, -0.05) is 48.5 Å². The fourth-order valence-corrected chi connectivity index (χ4v) is 5.35. The Morgan fingerprint density at radius 2 is 1.61 bits per heavy atom. The SMILES string of the molecule is NC(=O)c1ccccc1CC1CCN(c2cnc(-c3ccc4c(c3)OCCO4)c(-c3ccccc3)n2)CC1. The van der Waals surface area contributed by atoms with E-state index in [1.54, 1.807) is 0 Å². The molecule has 4 aromatic rings. The molecule has 2 aliphatic rings. The molecule has 1 aromatic heterocycles. The normalized spacial score (nSPS) is 15.3. The van der Waals surface area contributed by atoms with E-state index in [2.05, 4.69) is 17.0 Å². The molecule has 7 nitrogen and oxygen atoms in total. The maximum atomic E-state index is 11.8. The minimum Gasteiger partial charge on any atom is -0.486 e. The van der Waals surface area contributed by atoms with Crippen molar-refractivity contribution in [3.05, 3.63) is 90.1 Å². The molecule has 3 heterocycles. The van der Waals surface area contributed by atoms with Gasteiger partial charge in [-0.25, -0.2) is 4.98 Å². The summed E-state index contributed by atoms with van der Waals surface area (Å²) in [6.45, 7) is 2.87. The number of aromatic nitrogens is 2. The smallest absolute Gasteiger partial charge is 0.248 e. The van der Waals surface area contributed by atoms with Crippen molar-refractivity contribution in [2.45, 2.75) is 19.3 Å². The van der Waals surface area contributed by atoms with Gasteiger partial charge >= 0.3 is 0 Å². The van der Waals surface area contributed by atoms with Gasteiger partial charge in [0.2, 0.25) is 5.91 Å². The lowest BCUT2D eigenvalue weighted by Gasteiger charge is -2.33. The van der Waals surface area contributed by atoms with Crippen LogP contribution >= 0.6 is 0 Å². The monoisotopic (exact) mass is 506 g/mol. The Bertz CT molecular complexity index is 1450. The number of hydrogen-bond acceptors (Lipinski definition) is 6. The first-order valence-corrected chi connectivity index (χ1v) is 13.1. The van der Waals surface area contributed by atoms with Crippen molar-refractivity contribution in [3.8, 4) is 34.0 Å². The maximum absolute atomic E-state index is 11.8. The summed E-state index contributed by atoms with van der Waals surface area (Å²) in [4.78, 5) is 24.2. The Kier molecular flexibility index (Phi) is 6.65. The number of nitrogens with zero attached hydrogens (tertiary/aromatic N) is 3. The summed E-state index contributed by atoms with van der Waals surface area (Å²) in [7, 11) is 0. The third kappa shape index (κ3) is 4.92. The Hall–Kier alpha value is -4.39. The van der Waals surface area contributed by atoms with E-state index in [0.717, 1.165) is 77.7 Å². The van der Waals surface area contributed by atoms with Crippen LogP contribution in [0.4, 0.5) is 5.82 Å². The van der Waals surface area contributed by atoms with Crippen molar-refractivity contribution in [1.29, 1.82) is 0 Å². The molecule has 0 saturated carbocycles. The van der Waals surface area contributed by atoms with E-state index in [1.807, 2.05) is 66.9 Å². The molecule has 1 amide bonds. The minimum absolute atomic E-state index is 0.361. The second kappa shape index (κ2) is 10.5. The number of carbonyl (C=O) groups excluding carboxylic acids is 1. The van der Waals surface area contributed by atoms with Gasteiger partial charge in [-0.05, 0) is 55.0 Å². The van der Waals surface area contributed by atoms with Crippen molar-refractivity contribution >= 4 is 11.7 Å². The molecule has 38 heavy (non-hydrogen) atoms. The lowest BCUT2D eigenvalue weighted by atomic mass is 9.88. The summed E-state index contributed by atoms with van der Waals surface area (Å²) in [6, 6.07) is 23.8. The van der Waals surface area contributed by atoms with Crippen molar-refractivity contribution in [2.75, 3.05) is 31.2 Å². The second-order valence-corrected chi connectivity index (χ2v) is 9.81. The van der Waals surface area contributed by atoms with Gasteiger partial charge in [0.15, 0.2) is 11.5 Å². The van der Waals surface area contributed by atoms with Gasteiger partial charge in [-0.15, -0.1) is 0 Å². The average molecular weight is 507 g/mol. The van der Waals surface area contributed by atoms with Gasteiger partial charge < -0.3 is 20.1 Å². The van der Waals surface area contributed by atoms with Crippen LogP contribution in [-0.4, -0.2) is 42.2 Å². The number of carbonyl (C=O) groups is 1. The Morgan fingerprint density at radius 1 is 0.868 bits per heavy atom. The van der Waals surface area contributed by atoms with Gasteiger partial charge in [0.25, 0.3) is 0 Å². The zero-order valence-electron chi connectivity index (χ0n) is 21.2. The van der Waals surface area contributed by atoms with Gasteiger partial charge in [-0.3, -0.25) is 9.78 Å². The average Bonchev–Trinajstić information content (AvgIpc) is 2.98. The second-order valence-electron chi connectivity index (χ2n) is 9.81. The number of benzene rings is 3. The topological polar surface area (TPSA) is 90.6 Å². The van der Waals surface area contributed by atoms with Crippen molar-refractivity contribution < 1.29 is 14.3 Å². The van der Waals surface area contributed by atoms with Crippen LogP contribution in [0.2, 0.25) is 0 Å². The highest BCUT2D eigenvalue weighted by Gasteiger charge is 2.24. The number of rotatable bonds is 6. The van der Waals surface area contributed by atoms with Crippen molar-refractivity contribution in [2.24, 2.45) is 11.7 Å². The molecule has 6 rings (SSSR count). The van der Waals surface area contributed by atoms with Gasteiger partial charge in [0, 0.05) is 29.8 Å². The predicted octanol–water partition coefficient (Wildman–Crippen LogP) is 5.14. The quantitative estimate of drug-likeness (QED) is 0.389. The third-order valence-electron chi connectivity index (χ3n) is 7.35. The summed E-state index contributed by atoms with van der Waals surface area (Å²) in [5.74, 6) is 2.50. The number of fused-ring (bicyclic) bond motifs is 1. The largest absolute Gasteiger partial charge is 0.486 e. The first-order valence-electron chi connectivity index (χ1n) is 13.1. The van der Waals surface area contributed by atoms with Crippen LogP contribution in [0.25, 0.3) is 22.5 Å². The number of piperidine rings is 1. The van der Waals surface area contributed by atoms with Crippen molar-refractivity contribution in [1.82, 2.24) is 9.97 Å². The van der Waals surface area contributed by atoms with E-state index in [1.165, 1.54) is 0 Å². The highest BCUT2D eigenvalue weighted by Crippen LogP contribution is 2.37. The molecule has 1 saturated heterocycles. The highest BCUT2D eigenvalue weighted by molar-refractivity contribution is 5.94. The molecule has 192 valence electrons. The summed E-state index contributed by atoms with van der Waals surface area (Å²) in [6.07, 6.45) is 4.76. The zero-order chi connectivity index (χ0) is 25.9. The van der Waals surface area contributed by atoms with E-state index < -0.39 is 0 Å². The highest BCUT2D eigenvalue weighted by atomic mass is 16.6. The zero-order valence-corrected chi connectivity index (χ0v) is 21.2. The molecule has 0 aliphatic carbocycles. The molecular weight excluding hydrogens is 476 g/mol. The van der Waals surface area contributed by atoms with Crippen LogP contribution in [-0.2, 0) is 6.42 Å². The number of amides is 1. The molecule has 0 atom stereocenters. The lowest BCUT2D eigenvalue weighted by Crippen LogP contribution is -2.35. The molecular formula is C31H30N4O3. The first kappa shape index (κ1) is 24.0. The summed E-state index contributed by atoms with van der Waals surface area (Å²) in [5, 5.41) is 0. The Morgan fingerprint density at radius 3 is 2.39 bits per heavy atom. The van der Waals surface area contributed by atoms with E-state index in [4.69, 9.17) is 25.2 Å². The van der Waals surface area contributed by atoms with Gasteiger partial charge in [0.1, 0.15) is 19.0 Å². The van der Waals surface area contributed by atoms with Gasteiger partial charge in [0.05, 0.1) is 17.6 Å². The molecule has 0 radical (unpaired) electrons. The number of ether oxygens (including phenoxy) is 2. The molecule has 0 unspecified atom stereocenters. The third-order valence-corrected chi connectivity index (χ3v) is 7.35. The fraction of sp³-hybridized carbons (Fsp3) is 0.258. The number of primary amides is 1. The van der Waals surface area contributed by atoms with Crippen LogP contribution in [0, 0.1) is 5.92 Å². The molecule has 3 aromatic carbocycles. The van der Waals surface area contributed by atoms with Crippen LogP contribution in [0.3, 0.4) is 0 Å². The van der Waals surface area contributed by atoms with Crippen LogP contribution < -0.4 is 20.1 Å². The lowest BCUT2D eigenvalue weighted by molar-refractivity contribution is 0.0999. The number of anilines is 1. The van der Waals surface area contributed by atoms with E-state index in [-0.39, 0.29) is 5.91 Å². The maximum Gasteiger partial charge on any atom is 0.248 e. The molecule has 0 bridgehead atoms. The number of nitrogens with two attached hydrogens (primary N) is 1. The van der Waals surface area contributed by atoms with Crippen LogP contribution in [0.5, 0.6) is 11.5 Å². The fourth-order valence-electron chi connectivity index (χ4n) is 5.35. The van der Waals surface area contributed by atoms with E-state index >= 15 is 0 Å². The molecule has 2 aliphatic heterocycles. The van der Waals surface area contributed by atoms with Crippen LogP contribution in [0.15, 0.2) is 79.0 Å². The Labute approximate surface area is 222 Å². The number of hydrogen-bond donors (Lipinski definition) is 1. The van der Waals surface area contributed by atoms with E-state index in [9.17, 15) is 4.79 Å². The Balaban J connectivity index is 1.24. The molecule has 1 fully saturated rings. The summed E-state index contributed by atoms with van der Waals surface area (Å²) >= 11 is 0. The predicted molar refractivity (Wildman–Crippen MR) is 147 cm³/mol. The van der Waals surface area contributed by atoms with Gasteiger partial charge in [-0.2, -0.15) is 0 Å². The molecule has 7 heteroatoms. The van der Waals surface area contributed by atoms with E-state index in [0.29, 0.717) is 24.7 Å². The minimum atomic E-state index is -0.361. The van der Waals surface area contributed by atoms with Crippen molar-refractivity contribution in [3.63, 3.8) is 0 Å². The standard InChI is InChI=1S/C31H30N4O3/c32-31(36)25-9-5-4-8-23(25)18-21-12-14-35(15-13-21)28-20-33-29(30(34-28)22-6-2-1-3-7-22)24-10-11-26-27(19-24)38-17-16-37-26/h1-11,19-21H,12-18H2,(H2,32,36). The molecule has 0 spiro atoms. The first-order chi connectivity index (χ1) is 18.7. The summed E-state index contributed by atoms with van der Waals surface area (Å²) < 4.78 is 11.5.